The van der Waals surface area contributed by atoms with Crippen molar-refractivity contribution in [2.45, 2.75) is 58.6 Å². The van der Waals surface area contributed by atoms with Gasteiger partial charge in [0.05, 0.1) is 5.60 Å². The molecule has 0 aliphatic heterocycles. The van der Waals surface area contributed by atoms with Crippen LogP contribution in [-0.2, 0) is 0 Å². The van der Waals surface area contributed by atoms with E-state index in [0.29, 0.717) is 12.6 Å². The summed E-state index contributed by atoms with van der Waals surface area (Å²) in [6.45, 7) is 9.10. The molecule has 1 fully saturated rings. The van der Waals surface area contributed by atoms with Gasteiger partial charge in [0.25, 0.3) is 0 Å². The predicted octanol–water partition coefficient (Wildman–Crippen LogP) is 2.17. The Morgan fingerprint density at radius 3 is 2.36 bits per heavy atom. The van der Waals surface area contributed by atoms with E-state index in [1.165, 1.54) is 19.3 Å². The summed E-state index contributed by atoms with van der Waals surface area (Å²) < 4.78 is 0. The van der Waals surface area contributed by atoms with Crippen LogP contribution in [0.2, 0.25) is 0 Å². The lowest BCUT2D eigenvalue weighted by Crippen LogP contribution is -2.43. The molecule has 2 heteroatoms. The molecule has 1 saturated carbocycles. The monoisotopic (exact) mass is 199 g/mol. The molecule has 14 heavy (non-hydrogen) atoms. The molecule has 1 rings (SSSR count). The molecule has 2 N–H and O–H groups in total. The van der Waals surface area contributed by atoms with Gasteiger partial charge in [0.2, 0.25) is 0 Å². The van der Waals surface area contributed by atoms with Crippen LogP contribution in [0.25, 0.3) is 0 Å². The third kappa shape index (κ3) is 3.97. The summed E-state index contributed by atoms with van der Waals surface area (Å²) in [6.07, 6.45) is 3.85. The van der Waals surface area contributed by atoms with Gasteiger partial charge in [-0.25, -0.2) is 0 Å². The van der Waals surface area contributed by atoms with E-state index in [-0.39, 0.29) is 0 Å². The Balaban J connectivity index is 2.27. The third-order valence-corrected chi connectivity index (χ3v) is 3.42. The average Bonchev–Trinajstić information content (AvgIpc) is 2.06. The number of hydrogen-bond donors (Lipinski definition) is 2. The Hall–Kier alpha value is -0.0800. The van der Waals surface area contributed by atoms with Gasteiger partial charge >= 0.3 is 0 Å². The molecule has 0 amide bonds. The minimum atomic E-state index is -0.577. The van der Waals surface area contributed by atoms with E-state index in [1.807, 2.05) is 13.8 Å². The predicted molar refractivity (Wildman–Crippen MR) is 60.3 cm³/mol. The van der Waals surface area contributed by atoms with Crippen LogP contribution in [-0.4, -0.2) is 23.3 Å². The molecule has 0 saturated heterocycles. The van der Waals surface area contributed by atoms with Crippen LogP contribution in [0.3, 0.4) is 0 Å². The molecule has 0 spiro atoms. The van der Waals surface area contributed by atoms with Gasteiger partial charge in [0.1, 0.15) is 0 Å². The van der Waals surface area contributed by atoms with E-state index in [9.17, 15) is 5.11 Å². The van der Waals surface area contributed by atoms with Crippen LogP contribution in [0.15, 0.2) is 0 Å². The van der Waals surface area contributed by atoms with Crippen molar-refractivity contribution in [2.75, 3.05) is 6.54 Å². The molecule has 0 bridgehead atoms. The Morgan fingerprint density at radius 1 is 1.21 bits per heavy atom. The minimum Gasteiger partial charge on any atom is -0.389 e. The first kappa shape index (κ1) is 12.0. The van der Waals surface area contributed by atoms with E-state index >= 15 is 0 Å². The largest absolute Gasteiger partial charge is 0.389 e. The van der Waals surface area contributed by atoms with Crippen LogP contribution in [0, 0.1) is 11.8 Å². The quantitative estimate of drug-likeness (QED) is 0.730. The third-order valence-electron chi connectivity index (χ3n) is 3.42. The van der Waals surface area contributed by atoms with Crippen LogP contribution in [0.4, 0.5) is 0 Å². The van der Waals surface area contributed by atoms with Crippen molar-refractivity contribution < 1.29 is 5.11 Å². The van der Waals surface area contributed by atoms with Crippen LogP contribution in [0.5, 0.6) is 0 Å². The first-order valence-electron chi connectivity index (χ1n) is 5.84. The fourth-order valence-corrected chi connectivity index (χ4v) is 2.13. The highest BCUT2D eigenvalue weighted by Gasteiger charge is 2.25. The Labute approximate surface area is 88.1 Å². The lowest BCUT2D eigenvalue weighted by molar-refractivity contribution is 0.0715. The maximum atomic E-state index is 9.60. The Bertz CT molecular complexity index is 174. The molecule has 84 valence electrons. The van der Waals surface area contributed by atoms with Gasteiger partial charge in [-0.2, -0.15) is 0 Å². The number of rotatable bonds is 3. The van der Waals surface area contributed by atoms with Crippen LogP contribution >= 0.6 is 0 Å². The second-order valence-corrected chi connectivity index (χ2v) is 5.66. The van der Waals surface area contributed by atoms with Crippen molar-refractivity contribution >= 4 is 0 Å². The second-order valence-electron chi connectivity index (χ2n) is 5.66. The first-order valence-corrected chi connectivity index (χ1v) is 5.84. The maximum Gasteiger partial charge on any atom is 0.0715 e. The zero-order valence-electron chi connectivity index (χ0n) is 10.0. The van der Waals surface area contributed by atoms with Crippen molar-refractivity contribution in [3.05, 3.63) is 0 Å². The minimum absolute atomic E-state index is 0.577. The van der Waals surface area contributed by atoms with E-state index in [0.717, 1.165) is 11.8 Å². The normalized spacial score (nSPS) is 34.5. The second kappa shape index (κ2) is 4.63. The molecule has 1 aliphatic rings. The average molecular weight is 199 g/mol. The van der Waals surface area contributed by atoms with E-state index in [1.54, 1.807) is 0 Å². The zero-order chi connectivity index (χ0) is 10.8. The molecular formula is C12H25NO. The number of hydrogen-bond acceptors (Lipinski definition) is 2. The van der Waals surface area contributed by atoms with Gasteiger partial charge in [-0.1, -0.05) is 13.8 Å². The molecule has 0 unspecified atom stereocenters. The van der Waals surface area contributed by atoms with Crippen LogP contribution < -0.4 is 5.32 Å². The van der Waals surface area contributed by atoms with Gasteiger partial charge < -0.3 is 10.4 Å². The smallest absolute Gasteiger partial charge is 0.0715 e. The van der Waals surface area contributed by atoms with Crippen molar-refractivity contribution in [3.63, 3.8) is 0 Å². The fourth-order valence-electron chi connectivity index (χ4n) is 2.13. The van der Waals surface area contributed by atoms with E-state index in [2.05, 4.69) is 19.2 Å². The fraction of sp³-hybridized carbons (Fsp3) is 1.00. The molecule has 0 aromatic rings. The SMILES string of the molecule is C[C@H]1CC[C@H](NCC(C)(C)O)C[C@@H]1C. The van der Waals surface area contributed by atoms with E-state index in [4.69, 9.17) is 0 Å². The molecular weight excluding hydrogens is 174 g/mol. The summed E-state index contributed by atoms with van der Waals surface area (Å²) in [5.74, 6) is 1.69. The molecule has 0 aromatic carbocycles. The highest BCUT2D eigenvalue weighted by atomic mass is 16.3. The highest BCUT2D eigenvalue weighted by Crippen LogP contribution is 2.29. The van der Waals surface area contributed by atoms with Gasteiger partial charge in [-0.15, -0.1) is 0 Å². The lowest BCUT2D eigenvalue weighted by Gasteiger charge is -2.34. The highest BCUT2D eigenvalue weighted by molar-refractivity contribution is 4.81. The summed E-state index contributed by atoms with van der Waals surface area (Å²) in [5, 5.41) is 13.1. The summed E-state index contributed by atoms with van der Waals surface area (Å²) >= 11 is 0. The molecule has 0 heterocycles. The van der Waals surface area contributed by atoms with Gasteiger partial charge in [-0.3, -0.25) is 0 Å². The van der Waals surface area contributed by atoms with Gasteiger partial charge in [0, 0.05) is 12.6 Å². The molecule has 1 aliphatic carbocycles. The summed E-state index contributed by atoms with van der Waals surface area (Å²) in [4.78, 5) is 0. The molecule has 0 radical (unpaired) electrons. The van der Waals surface area contributed by atoms with Crippen molar-refractivity contribution in [1.29, 1.82) is 0 Å². The standard InChI is InChI=1S/C12H25NO/c1-9-5-6-11(7-10(9)2)13-8-12(3,4)14/h9-11,13-14H,5-8H2,1-4H3/t9-,10-,11-/m0/s1. The topological polar surface area (TPSA) is 32.3 Å². The number of aliphatic hydroxyl groups is 1. The molecule has 3 atom stereocenters. The number of nitrogens with one attached hydrogen (secondary N) is 1. The Morgan fingerprint density at radius 2 is 1.86 bits per heavy atom. The molecule has 0 aromatic heterocycles. The zero-order valence-corrected chi connectivity index (χ0v) is 10.0. The summed E-state index contributed by atoms with van der Waals surface area (Å²) in [6, 6.07) is 0.618. The van der Waals surface area contributed by atoms with Crippen molar-refractivity contribution in [1.82, 2.24) is 5.32 Å². The lowest BCUT2D eigenvalue weighted by atomic mass is 9.79. The molecule has 2 nitrogen and oxygen atoms in total. The van der Waals surface area contributed by atoms with Gasteiger partial charge in [0.15, 0.2) is 0 Å². The van der Waals surface area contributed by atoms with Gasteiger partial charge in [-0.05, 0) is 44.9 Å². The van der Waals surface area contributed by atoms with Crippen molar-refractivity contribution in [2.24, 2.45) is 11.8 Å². The summed E-state index contributed by atoms with van der Waals surface area (Å²) in [5.41, 5.74) is -0.577. The first-order chi connectivity index (χ1) is 6.38. The summed E-state index contributed by atoms with van der Waals surface area (Å²) in [7, 11) is 0. The van der Waals surface area contributed by atoms with Crippen LogP contribution in [0.1, 0.15) is 47.0 Å². The van der Waals surface area contributed by atoms with E-state index < -0.39 is 5.60 Å². The maximum absolute atomic E-state index is 9.60. The Kier molecular flexibility index (Phi) is 3.96. The van der Waals surface area contributed by atoms with Crippen molar-refractivity contribution in [3.8, 4) is 0 Å².